The van der Waals surface area contributed by atoms with Gasteiger partial charge in [0, 0.05) is 18.1 Å². The van der Waals surface area contributed by atoms with Crippen molar-refractivity contribution >= 4 is 12.0 Å². The van der Waals surface area contributed by atoms with Crippen LogP contribution in [0.4, 0.5) is 4.79 Å². The van der Waals surface area contributed by atoms with Crippen LogP contribution in [0.5, 0.6) is 11.5 Å². The molecule has 2 aromatic carbocycles. The molecule has 0 radical (unpaired) electrons. The van der Waals surface area contributed by atoms with Crippen LogP contribution in [0.3, 0.4) is 0 Å². The van der Waals surface area contributed by atoms with Crippen molar-refractivity contribution < 1.29 is 28.4 Å². The van der Waals surface area contributed by atoms with Crippen molar-refractivity contribution in [1.82, 2.24) is 4.90 Å². The maximum absolute atomic E-state index is 13.8. The van der Waals surface area contributed by atoms with E-state index in [1.54, 1.807) is 24.3 Å². The molecular formula is C43H63N2O5+. The number of hydrogen-bond acceptors (Lipinski definition) is 5. The molecule has 7 nitrogen and oxygen atoms in total. The minimum absolute atomic E-state index is 0.0290. The van der Waals surface area contributed by atoms with Crippen molar-refractivity contribution in [2.24, 2.45) is 0 Å². The number of carbonyl (C=O) groups is 2. The Labute approximate surface area is 302 Å². The first-order valence-electron chi connectivity index (χ1n) is 19.0. The van der Waals surface area contributed by atoms with Gasteiger partial charge in [0.2, 0.25) is 0 Å². The van der Waals surface area contributed by atoms with E-state index in [9.17, 15) is 9.59 Å². The Morgan fingerprint density at radius 2 is 1.40 bits per heavy atom. The SMILES string of the molecule is CCCCCCCCCCCCCCOc1ccc(COC(=O)N(Cc2ccc[n+](CCC)c2)C(=O)c2ccccc2OC)cc1C(C)(C)C. The highest BCUT2D eigenvalue weighted by Crippen LogP contribution is 2.33. The number of aromatic nitrogens is 1. The van der Waals surface area contributed by atoms with Gasteiger partial charge in [0.15, 0.2) is 12.4 Å². The largest absolute Gasteiger partial charge is 0.496 e. The number of benzene rings is 2. The van der Waals surface area contributed by atoms with Crippen molar-refractivity contribution in [1.29, 1.82) is 0 Å². The molecule has 0 N–H and O–H groups in total. The summed E-state index contributed by atoms with van der Waals surface area (Å²) >= 11 is 0. The fourth-order valence-electron chi connectivity index (χ4n) is 6.16. The van der Waals surface area contributed by atoms with E-state index in [1.807, 2.05) is 36.7 Å². The molecule has 0 atom stereocenters. The summed E-state index contributed by atoms with van der Waals surface area (Å²) in [6.07, 6.45) is 19.9. The zero-order valence-corrected chi connectivity index (χ0v) is 31.8. The topological polar surface area (TPSA) is 69.0 Å². The third kappa shape index (κ3) is 13.8. The van der Waals surface area contributed by atoms with Crippen LogP contribution in [0.25, 0.3) is 0 Å². The molecule has 3 rings (SSSR count). The summed E-state index contributed by atoms with van der Waals surface area (Å²) in [5, 5.41) is 0. The Morgan fingerprint density at radius 1 is 0.740 bits per heavy atom. The van der Waals surface area contributed by atoms with E-state index in [2.05, 4.69) is 45.3 Å². The van der Waals surface area contributed by atoms with Crippen LogP contribution >= 0.6 is 0 Å². The number of hydrogen-bond donors (Lipinski definition) is 0. The number of amides is 2. The molecule has 0 fully saturated rings. The summed E-state index contributed by atoms with van der Waals surface area (Å²) in [6.45, 7) is 12.5. The minimum atomic E-state index is -0.712. The molecule has 0 aliphatic rings. The quantitative estimate of drug-likeness (QED) is 0.0777. The molecule has 0 bridgehead atoms. The highest BCUT2D eigenvalue weighted by Gasteiger charge is 2.28. The lowest BCUT2D eigenvalue weighted by Gasteiger charge is -2.24. The van der Waals surface area contributed by atoms with Crippen molar-refractivity contribution in [2.45, 2.75) is 143 Å². The van der Waals surface area contributed by atoms with Crippen molar-refractivity contribution in [3.8, 4) is 11.5 Å². The van der Waals surface area contributed by atoms with Crippen LogP contribution in [0.2, 0.25) is 0 Å². The molecule has 0 aliphatic heterocycles. The number of imide groups is 1. The van der Waals surface area contributed by atoms with E-state index in [0.717, 1.165) is 46.7 Å². The molecule has 7 heteroatoms. The predicted octanol–water partition coefficient (Wildman–Crippen LogP) is 10.7. The van der Waals surface area contributed by atoms with E-state index < -0.39 is 12.0 Å². The van der Waals surface area contributed by atoms with Gasteiger partial charge in [-0.3, -0.25) is 4.79 Å². The second-order valence-electron chi connectivity index (χ2n) is 14.4. The average Bonchev–Trinajstić information content (AvgIpc) is 3.11. The van der Waals surface area contributed by atoms with Crippen molar-refractivity contribution in [3.05, 3.63) is 89.2 Å². The maximum Gasteiger partial charge on any atom is 0.417 e. The number of unbranched alkanes of at least 4 members (excludes halogenated alkanes) is 11. The highest BCUT2D eigenvalue weighted by molar-refractivity contribution is 6.04. The van der Waals surface area contributed by atoms with Gasteiger partial charge in [-0.1, -0.05) is 123 Å². The molecule has 3 aromatic rings. The van der Waals surface area contributed by atoms with Gasteiger partial charge in [-0.25, -0.2) is 14.3 Å². The first-order valence-corrected chi connectivity index (χ1v) is 19.0. The monoisotopic (exact) mass is 687 g/mol. The predicted molar refractivity (Wildman–Crippen MR) is 202 cm³/mol. The lowest BCUT2D eigenvalue weighted by molar-refractivity contribution is -0.697. The molecule has 0 saturated heterocycles. The molecule has 274 valence electrons. The normalized spacial score (nSPS) is 11.3. The van der Waals surface area contributed by atoms with Gasteiger partial charge in [-0.2, -0.15) is 0 Å². The number of methoxy groups -OCH3 is 1. The lowest BCUT2D eigenvalue weighted by atomic mass is 9.85. The van der Waals surface area contributed by atoms with Gasteiger partial charge < -0.3 is 14.2 Å². The van der Waals surface area contributed by atoms with Crippen LogP contribution in [-0.2, 0) is 29.8 Å². The van der Waals surface area contributed by atoms with E-state index in [-0.39, 0.29) is 18.6 Å². The Hall–Kier alpha value is -3.87. The first-order chi connectivity index (χ1) is 24.2. The van der Waals surface area contributed by atoms with Gasteiger partial charge >= 0.3 is 6.09 Å². The number of ether oxygens (including phenoxy) is 3. The van der Waals surface area contributed by atoms with E-state index in [1.165, 1.54) is 77.7 Å². The van der Waals surface area contributed by atoms with Crippen molar-refractivity contribution in [2.75, 3.05) is 13.7 Å². The van der Waals surface area contributed by atoms with Crippen molar-refractivity contribution in [3.63, 3.8) is 0 Å². The molecule has 0 saturated carbocycles. The Bertz CT molecular complexity index is 1450. The summed E-state index contributed by atoms with van der Waals surface area (Å²) < 4.78 is 19.6. The van der Waals surface area contributed by atoms with Gasteiger partial charge in [0.1, 0.15) is 24.7 Å². The second kappa shape index (κ2) is 22.1. The summed E-state index contributed by atoms with van der Waals surface area (Å²) in [5.74, 6) is 0.793. The number of pyridine rings is 1. The number of carbonyl (C=O) groups excluding carboxylic acids is 2. The minimum Gasteiger partial charge on any atom is -0.496 e. The molecule has 1 heterocycles. The fourth-order valence-corrected chi connectivity index (χ4v) is 6.16. The third-order valence-corrected chi connectivity index (χ3v) is 9.01. The van der Waals surface area contributed by atoms with E-state index in [0.29, 0.717) is 17.9 Å². The number of aryl methyl sites for hydroxylation is 1. The molecule has 1 aromatic heterocycles. The second-order valence-corrected chi connectivity index (χ2v) is 14.4. The Balaban J connectivity index is 1.59. The van der Waals surface area contributed by atoms with Gasteiger partial charge in [-0.15, -0.1) is 0 Å². The number of nitrogens with zero attached hydrogens (tertiary/aromatic N) is 2. The van der Waals surface area contributed by atoms with Crippen LogP contribution in [-0.4, -0.2) is 30.6 Å². The lowest BCUT2D eigenvalue weighted by Crippen LogP contribution is -2.38. The Kier molecular flexibility index (Phi) is 17.9. The van der Waals surface area contributed by atoms with Crippen LogP contribution < -0.4 is 14.0 Å². The van der Waals surface area contributed by atoms with Gasteiger partial charge in [0.25, 0.3) is 5.91 Å². The van der Waals surface area contributed by atoms with E-state index >= 15 is 0 Å². The maximum atomic E-state index is 13.8. The standard InChI is InChI=1S/C43H63N2O5/c1-7-9-10-11-12-13-14-15-16-17-18-21-30-49-40-27-26-35(31-38(40)43(3,4)5)34-50-42(47)45(33-36-23-22-29-44(32-36)28-8-2)41(46)37-24-19-20-25-39(37)48-6/h19-20,22-27,29,31-32H,7-18,21,28,30,33-34H2,1-6H3/q+1. The third-order valence-electron chi connectivity index (χ3n) is 9.01. The van der Waals surface area contributed by atoms with E-state index in [4.69, 9.17) is 14.2 Å². The molecular weight excluding hydrogens is 624 g/mol. The van der Waals surface area contributed by atoms with Crippen LogP contribution in [0.1, 0.15) is 145 Å². The summed E-state index contributed by atoms with van der Waals surface area (Å²) in [5.41, 5.74) is 2.86. The molecule has 50 heavy (non-hydrogen) atoms. The summed E-state index contributed by atoms with van der Waals surface area (Å²) in [7, 11) is 1.51. The fraction of sp³-hybridized carbons (Fsp3) is 0.558. The van der Waals surface area contributed by atoms with Crippen LogP contribution in [0.15, 0.2) is 67.0 Å². The zero-order valence-electron chi connectivity index (χ0n) is 31.8. The zero-order chi connectivity index (χ0) is 36.2. The van der Waals surface area contributed by atoms with Gasteiger partial charge in [0.05, 0.1) is 25.8 Å². The number of para-hydroxylation sites is 1. The summed E-state index contributed by atoms with van der Waals surface area (Å²) in [6, 6.07) is 16.7. The first kappa shape index (κ1) is 40.6. The smallest absolute Gasteiger partial charge is 0.417 e. The number of rotatable bonds is 22. The molecule has 2 amide bonds. The highest BCUT2D eigenvalue weighted by atomic mass is 16.6. The molecule has 0 unspecified atom stereocenters. The molecule has 0 spiro atoms. The van der Waals surface area contributed by atoms with Gasteiger partial charge in [-0.05, 0) is 53.3 Å². The Morgan fingerprint density at radius 3 is 2.04 bits per heavy atom. The van der Waals surface area contributed by atoms with Crippen LogP contribution in [0, 0.1) is 0 Å². The molecule has 0 aliphatic carbocycles. The average molecular weight is 688 g/mol. The summed E-state index contributed by atoms with van der Waals surface area (Å²) in [4.78, 5) is 28.6.